The van der Waals surface area contributed by atoms with Gasteiger partial charge in [0.15, 0.2) is 6.61 Å². The van der Waals surface area contributed by atoms with Gasteiger partial charge in [-0.1, -0.05) is 0 Å². The molecule has 3 N–H and O–H groups in total. The molecule has 0 radical (unpaired) electrons. The summed E-state index contributed by atoms with van der Waals surface area (Å²) in [5, 5.41) is 8.39. The number of nitrogens with zero attached hydrogens (tertiary/aromatic N) is 3. The first-order valence-electron chi connectivity index (χ1n) is 7.82. The van der Waals surface area contributed by atoms with Gasteiger partial charge in [0.25, 0.3) is 11.8 Å². The van der Waals surface area contributed by atoms with Crippen LogP contribution < -0.4 is 15.9 Å². The summed E-state index contributed by atoms with van der Waals surface area (Å²) in [5.74, 6) is -0.285. The molecule has 0 spiro atoms. The molecule has 138 valence electrons. The molecule has 0 atom stereocenters. The first-order chi connectivity index (χ1) is 12.3. The molecule has 26 heavy (non-hydrogen) atoms. The minimum Gasteiger partial charge on any atom is -0.484 e. The summed E-state index contributed by atoms with van der Waals surface area (Å²) in [7, 11) is 0. The summed E-state index contributed by atoms with van der Waals surface area (Å²) in [4.78, 5) is 22.8. The molecule has 2 amide bonds. The maximum Gasteiger partial charge on any atom is 0.261 e. The minimum absolute atomic E-state index is 0.0783. The molecule has 8 nitrogen and oxygen atoms in total. The monoisotopic (exact) mass is 421 g/mol. The molecule has 0 aliphatic rings. The SMILES string of the molecule is C/C(=N\NC(=O)Cn1nc(C)c(Br)c1C)c1ccc(OCC(N)=O)cc1. The highest BCUT2D eigenvalue weighted by Crippen LogP contribution is 2.19. The molecule has 0 saturated carbocycles. The zero-order chi connectivity index (χ0) is 19.3. The van der Waals surface area contributed by atoms with Crippen LogP contribution in [0.15, 0.2) is 33.8 Å². The van der Waals surface area contributed by atoms with Crippen molar-refractivity contribution in [1.29, 1.82) is 0 Å². The van der Waals surface area contributed by atoms with Crippen LogP contribution in [0.25, 0.3) is 0 Å². The topological polar surface area (TPSA) is 112 Å². The molecule has 1 heterocycles. The van der Waals surface area contributed by atoms with Gasteiger partial charge in [-0.25, -0.2) is 5.43 Å². The molecule has 1 aromatic heterocycles. The third kappa shape index (κ3) is 5.16. The average Bonchev–Trinajstić information content (AvgIpc) is 2.85. The van der Waals surface area contributed by atoms with Crippen LogP contribution in [-0.2, 0) is 16.1 Å². The Balaban J connectivity index is 1.95. The highest BCUT2D eigenvalue weighted by Gasteiger charge is 2.11. The summed E-state index contributed by atoms with van der Waals surface area (Å²) >= 11 is 3.43. The van der Waals surface area contributed by atoms with Crippen LogP contribution in [0.2, 0.25) is 0 Å². The zero-order valence-electron chi connectivity index (χ0n) is 14.7. The number of rotatable bonds is 7. The number of amides is 2. The number of carbonyl (C=O) groups excluding carboxylic acids is 2. The van der Waals surface area contributed by atoms with Gasteiger partial charge in [-0.05, 0) is 66.5 Å². The third-order valence-corrected chi connectivity index (χ3v) is 4.74. The van der Waals surface area contributed by atoms with Crippen molar-refractivity contribution in [2.75, 3.05) is 6.61 Å². The predicted octanol–water partition coefficient (Wildman–Crippen LogP) is 1.67. The van der Waals surface area contributed by atoms with Crippen molar-refractivity contribution in [3.63, 3.8) is 0 Å². The Morgan fingerprint density at radius 2 is 1.96 bits per heavy atom. The Labute approximate surface area is 159 Å². The molecule has 0 bridgehead atoms. The number of aryl methyl sites for hydroxylation is 1. The van der Waals surface area contributed by atoms with Gasteiger partial charge < -0.3 is 10.5 Å². The van der Waals surface area contributed by atoms with E-state index in [1.165, 1.54) is 0 Å². The second kappa shape index (κ2) is 8.61. The van der Waals surface area contributed by atoms with Gasteiger partial charge in [-0.15, -0.1) is 0 Å². The van der Waals surface area contributed by atoms with Crippen LogP contribution >= 0.6 is 15.9 Å². The summed E-state index contributed by atoms with van der Waals surface area (Å²) in [5.41, 5.74) is 10.7. The van der Waals surface area contributed by atoms with Crippen molar-refractivity contribution >= 4 is 33.5 Å². The molecule has 0 fully saturated rings. The van der Waals surface area contributed by atoms with Crippen molar-refractivity contribution in [2.24, 2.45) is 10.8 Å². The number of nitrogens with one attached hydrogen (secondary N) is 1. The van der Waals surface area contributed by atoms with Gasteiger partial charge in [0.05, 0.1) is 21.6 Å². The second-order valence-corrected chi connectivity index (χ2v) is 6.45. The molecule has 0 aliphatic carbocycles. The van der Waals surface area contributed by atoms with Crippen LogP contribution in [0, 0.1) is 13.8 Å². The van der Waals surface area contributed by atoms with Crippen molar-refractivity contribution in [2.45, 2.75) is 27.3 Å². The molecular formula is C17H20BrN5O3. The largest absolute Gasteiger partial charge is 0.484 e. The van der Waals surface area contributed by atoms with Gasteiger partial charge in [0.1, 0.15) is 12.3 Å². The molecular weight excluding hydrogens is 402 g/mol. The summed E-state index contributed by atoms with van der Waals surface area (Å²) in [6, 6.07) is 6.96. The van der Waals surface area contributed by atoms with Gasteiger partial charge >= 0.3 is 0 Å². The molecule has 9 heteroatoms. The number of aromatic nitrogens is 2. The van der Waals surface area contributed by atoms with E-state index >= 15 is 0 Å². The quantitative estimate of drug-likeness (QED) is 0.522. The maximum atomic E-state index is 12.1. The predicted molar refractivity (Wildman–Crippen MR) is 101 cm³/mol. The lowest BCUT2D eigenvalue weighted by Crippen LogP contribution is -2.25. The first kappa shape index (κ1) is 19.6. The van der Waals surface area contributed by atoms with E-state index in [0.717, 1.165) is 21.4 Å². The molecule has 0 aliphatic heterocycles. The van der Waals surface area contributed by atoms with E-state index in [2.05, 4.69) is 31.6 Å². The maximum absolute atomic E-state index is 12.1. The lowest BCUT2D eigenvalue weighted by Gasteiger charge is -2.06. The summed E-state index contributed by atoms with van der Waals surface area (Å²) < 4.78 is 7.70. The first-order valence-corrected chi connectivity index (χ1v) is 8.61. The van der Waals surface area contributed by atoms with E-state index in [1.54, 1.807) is 35.9 Å². The van der Waals surface area contributed by atoms with Crippen molar-refractivity contribution in [1.82, 2.24) is 15.2 Å². The number of hydrogen-bond acceptors (Lipinski definition) is 5. The van der Waals surface area contributed by atoms with E-state index in [4.69, 9.17) is 10.5 Å². The molecule has 1 aromatic carbocycles. The van der Waals surface area contributed by atoms with E-state index in [-0.39, 0.29) is 19.1 Å². The Morgan fingerprint density at radius 3 is 2.50 bits per heavy atom. The highest BCUT2D eigenvalue weighted by molar-refractivity contribution is 9.10. The number of benzene rings is 1. The Morgan fingerprint density at radius 1 is 1.31 bits per heavy atom. The fourth-order valence-electron chi connectivity index (χ4n) is 2.16. The molecule has 0 unspecified atom stereocenters. The number of carbonyl (C=O) groups is 2. The number of primary amides is 1. The number of halogens is 1. The summed E-state index contributed by atoms with van der Waals surface area (Å²) in [6.07, 6.45) is 0. The van der Waals surface area contributed by atoms with Crippen molar-refractivity contribution in [3.8, 4) is 5.75 Å². The van der Waals surface area contributed by atoms with Crippen LogP contribution in [0.1, 0.15) is 23.9 Å². The number of ether oxygens (including phenoxy) is 1. The Hall–Kier alpha value is -2.68. The Bertz CT molecular complexity index is 843. The smallest absolute Gasteiger partial charge is 0.261 e. The van der Waals surface area contributed by atoms with E-state index in [1.807, 2.05) is 13.8 Å². The second-order valence-electron chi connectivity index (χ2n) is 5.65. The standard InChI is InChI=1S/C17H20BrN5O3/c1-10(13-4-6-14(7-5-13)26-9-15(19)24)20-21-16(25)8-23-12(3)17(18)11(2)22-23/h4-7H,8-9H2,1-3H3,(H2,19,24)(H,21,25)/b20-10+. The van der Waals surface area contributed by atoms with Gasteiger partial charge in [-0.2, -0.15) is 10.2 Å². The minimum atomic E-state index is -0.538. The van der Waals surface area contributed by atoms with Crippen molar-refractivity contribution in [3.05, 3.63) is 45.7 Å². The van der Waals surface area contributed by atoms with E-state index in [0.29, 0.717) is 11.5 Å². The lowest BCUT2D eigenvalue weighted by atomic mass is 10.1. The van der Waals surface area contributed by atoms with E-state index in [9.17, 15) is 9.59 Å². The highest BCUT2D eigenvalue weighted by atomic mass is 79.9. The Kier molecular flexibility index (Phi) is 6.51. The van der Waals surface area contributed by atoms with Crippen LogP contribution in [0.3, 0.4) is 0 Å². The van der Waals surface area contributed by atoms with Crippen molar-refractivity contribution < 1.29 is 14.3 Å². The lowest BCUT2D eigenvalue weighted by molar-refractivity contribution is -0.122. The fraction of sp³-hybridized carbons (Fsp3) is 0.294. The molecule has 0 saturated heterocycles. The average molecular weight is 422 g/mol. The number of hydrogen-bond donors (Lipinski definition) is 2. The number of hydrazone groups is 1. The van der Waals surface area contributed by atoms with E-state index < -0.39 is 5.91 Å². The van der Waals surface area contributed by atoms with Crippen LogP contribution in [0.4, 0.5) is 0 Å². The van der Waals surface area contributed by atoms with Gasteiger partial charge in [0, 0.05) is 0 Å². The fourth-order valence-corrected chi connectivity index (χ4v) is 2.44. The summed E-state index contributed by atoms with van der Waals surface area (Å²) in [6.45, 7) is 5.43. The van der Waals surface area contributed by atoms with Crippen LogP contribution in [-0.4, -0.2) is 33.9 Å². The van der Waals surface area contributed by atoms with Gasteiger partial charge in [0.2, 0.25) is 0 Å². The molecule has 2 rings (SSSR count). The van der Waals surface area contributed by atoms with Crippen LogP contribution in [0.5, 0.6) is 5.75 Å². The third-order valence-electron chi connectivity index (χ3n) is 3.59. The molecule has 2 aromatic rings. The number of nitrogens with two attached hydrogens (primary N) is 1. The normalized spacial score (nSPS) is 11.3. The van der Waals surface area contributed by atoms with Gasteiger partial charge in [-0.3, -0.25) is 14.3 Å². The zero-order valence-corrected chi connectivity index (χ0v) is 16.3.